The third-order valence-corrected chi connectivity index (χ3v) is 3.45. The Balaban J connectivity index is 1.79. The molecule has 1 aromatic carbocycles. The van der Waals surface area contributed by atoms with E-state index in [4.69, 9.17) is 9.47 Å². The second-order valence-corrected chi connectivity index (χ2v) is 4.77. The van der Waals surface area contributed by atoms with E-state index in [0.29, 0.717) is 36.0 Å². The number of anilines is 1. The molecule has 0 atom stereocenters. The molecular weight excluding hydrogens is 270 g/mol. The van der Waals surface area contributed by atoms with E-state index in [9.17, 15) is 4.79 Å². The fourth-order valence-electron chi connectivity index (χ4n) is 2.31. The predicted octanol–water partition coefficient (Wildman–Crippen LogP) is 2.23. The van der Waals surface area contributed by atoms with E-state index in [0.717, 1.165) is 12.2 Å². The maximum Gasteiger partial charge on any atom is 0.259 e. The van der Waals surface area contributed by atoms with Crippen LogP contribution in [-0.2, 0) is 6.54 Å². The van der Waals surface area contributed by atoms with Gasteiger partial charge in [-0.3, -0.25) is 9.48 Å². The summed E-state index contributed by atoms with van der Waals surface area (Å²) in [5, 5.41) is 7.04. The standard InChI is InChI=1S/C15H17N3O3/c1-3-18-10(2)12(9-16-18)15(19)17-11-4-5-13-14(8-11)21-7-6-20-13/h4-5,8-9H,3,6-7H2,1-2H3,(H,17,19). The van der Waals surface area contributed by atoms with E-state index >= 15 is 0 Å². The Labute approximate surface area is 122 Å². The van der Waals surface area contributed by atoms with Crippen LogP contribution < -0.4 is 14.8 Å². The highest BCUT2D eigenvalue weighted by Crippen LogP contribution is 2.32. The second kappa shape index (κ2) is 5.47. The van der Waals surface area contributed by atoms with Gasteiger partial charge in [-0.1, -0.05) is 0 Å². The molecular formula is C15H17N3O3. The molecule has 1 aliphatic rings. The van der Waals surface area contributed by atoms with Crippen LogP contribution in [0.25, 0.3) is 0 Å². The van der Waals surface area contributed by atoms with Gasteiger partial charge >= 0.3 is 0 Å². The van der Waals surface area contributed by atoms with Crippen molar-refractivity contribution in [2.75, 3.05) is 18.5 Å². The fourth-order valence-corrected chi connectivity index (χ4v) is 2.31. The fraction of sp³-hybridized carbons (Fsp3) is 0.333. The number of amides is 1. The number of benzene rings is 1. The topological polar surface area (TPSA) is 65.4 Å². The first kappa shape index (κ1) is 13.5. The van der Waals surface area contributed by atoms with Gasteiger partial charge in [0.15, 0.2) is 11.5 Å². The third kappa shape index (κ3) is 2.56. The number of fused-ring (bicyclic) bond motifs is 1. The molecule has 2 aromatic rings. The molecule has 21 heavy (non-hydrogen) atoms. The van der Waals surface area contributed by atoms with Crippen molar-refractivity contribution in [3.8, 4) is 11.5 Å². The van der Waals surface area contributed by atoms with Crippen LogP contribution in [0.1, 0.15) is 23.0 Å². The lowest BCUT2D eigenvalue weighted by molar-refractivity contribution is 0.102. The molecule has 1 amide bonds. The Morgan fingerprint density at radius 3 is 2.81 bits per heavy atom. The summed E-state index contributed by atoms with van der Waals surface area (Å²) in [7, 11) is 0. The molecule has 1 aromatic heterocycles. The molecule has 0 aliphatic carbocycles. The van der Waals surface area contributed by atoms with Crippen molar-refractivity contribution < 1.29 is 14.3 Å². The number of ether oxygens (including phenoxy) is 2. The smallest absolute Gasteiger partial charge is 0.259 e. The van der Waals surface area contributed by atoms with Crippen molar-refractivity contribution in [3.05, 3.63) is 35.7 Å². The number of nitrogens with one attached hydrogen (secondary N) is 1. The van der Waals surface area contributed by atoms with E-state index in [1.807, 2.05) is 13.8 Å². The number of rotatable bonds is 3. The Morgan fingerprint density at radius 1 is 1.33 bits per heavy atom. The molecule has 1 aliphatic heterocycles. The first-order valence-electron chi connectivity index (χ1n) is 6.92. The lowest BCUT2D eigenvalue weighted by atomic mass is 10.2. The van der Waals surface area contributed by atoms with E-state index in [2.05, 4.69) is 10.4 Å². The molecule has 1 N–H and O–H groups in total. The monoisotopic (exact) mass is 287 g/mol. The van der Waals surface area contributed by atoms with Crippen LogP contribution in [0.15, 0.2) is 24.4 Å². The minimum absolute atomic E-state index is 0.177. The van der Waals surface area contributed by atoms with Crippen molar-refractivity contribution in [3.63, 3.8) is 0 Å². The third-order valence-electron chi connectivity index (χ3n) is 3.45. The Hall–Kier alpha value is -2.50. The molecule has 6 nitrogen and oxygen atoms in total. The molecule has 2 heterocycles. The van der Waals surface area contributed by atoms with Crippen LogP contribution in [0.5, 0.6) is 11.5 Å². The van der Waals surface area contributed by atoms with Crippen LogP contribution in [0, 0.1) is 6.92 Å². The summed E-state index contributed by atoms with van der Waals surface area (Å²) < 4.78 is 12.7. The van der Waals surface area contributed by atoms with Gasteiger partial charge in [0.25, 0.3) is 5.91 Å². The molecule has 3 rings (SSSR count). The maximum atomic E-state index is 12.3. The number of carbonyl (C=O) groups is 1. The summed E-state index contributed by atoms with van der Waals surface area (Å²) in [6, 6.07) is 5.36. The maximum absolute atomic E-state index is 12.3. The van der Waals surface area contributed by atoms with Crippen LogP contribution in [-0.4, -0.2) is 28.9 Å². The summed E-state index contributed by atoms with van der Waals surface area (Å²) in [6.07, 6.45) is 1.59. The summed E-state index contributed by atoms with van der Waals surface area (Å²) in [5.41, 5.74) is 2.10. The largest absolute Gasteiger partial charge is 0.486 e. The van der Waals surface area contributed by atoms with Crippen LogP contribution >= 0.6 is 0 Å². The number of aromatic nitrogens is 2. The summed E-state index contributed by atoms with van der Waals surface area (Å²) in [5.74, 6) is 1.18. The van der Waals surface area contributed by atoms with Gasteiger partial charge < -0.3 is 14.8 Å². The van der Waals surface area contributed by atoms with E-state index < -0.39 is 0 Å². The highest BCUT2D eigenvalue weighted by atomic mass is 16.6. The minimum atomic E-state index is -0.177. The number of carbonyl (C=O) groups excluding carboxylic acids is 1. The van der Waals surface area contributed by atoms with Gasteiger partial charge in [-0.25, -0.2) is 0 Å². The number of aryl methyl sites for hydroxylation is 1. The molecule has 0 bridgehead atoms. The zero-order valence-electron chi connectivity index (χ0n) is 12.0. The average molecular weight is 287 g/mol. The summed E-state index contributed by atoms with van der Waals surface area (Å²) in [6.45, 7) is 5.68. The zero-order chi connectivity index (χ0) is 14.8. The van der Waals surface area contributed by atoms with Gasteiger partial charge in [-0.15, -0.1) is 0 Å². The van der Waals surface area contributed by atoms with Gasteiger partial charge in [-0.2, -0.15) is 5.10 Å². The first-order valence-corrected chi connectivity index (χ1v) is 6.92. The quantitative estimate of drug-likeness (QED) is 0.940. The van der Waals surface area contributed by atoms with Crippen molar-refractivity contribution in [1.82, 2.24) is 9.78 Å². The molecule has 110 valence electrons. The van der Waals surface area contributed by atoms with Gasteiger partial charge in [0.2, 0.25) is 0 Å². The van der Waals surface area contributed by atoms with Crippen LogP contribution in [0.2, 0.25) is 0 Å². The van der Waals surface area contributed by atoms with Crippen LogP contribution in [0.4, 0.5) is 5.69 Å². The van der Waals surface area contributed by atoms with Gasteiger partial charge in [0.05, 0.1) is 11.8 Å². The predicted molar refractivity (Wildman–Crippen MR) is 78.0 cm³/mol. The molecule has 0 spiro atoms. The summed E-state index contributed by atoms with van der Waals surface area (Å²) >= 11 is 0. The van der Waals surface area contributed by atoms with E-state index in [1.165, 1.54) is 0 Å². The Morgan fingerprint density at radius 2 is 2.10 bits per heavy atom. The lowest BCUT2D eigenvalue weighted by Crippen LogP contribution is -2.16. The average Bonchev–Trinajstić information content (AvgIpc) is 2.88. The van der Waals surface area contributed by atoms with Crippen molar-refractivity contribution >= 4 is 11.6 Å². The summed E-state index contributed by atoms with van der Waals surface area (Å²) in [4.78, 5) is 12.3. The van der Waals surface area contributed by atoms with Gasteiger partial charge in [0, 0.05) is 24.0 Å². The zero-order valence-corrected chi connectivity index (χ0v) is 12.0. The van der Waals surface area contributed by atoms with Crippen molar-refractivity contribution in [2.24, 2.45) is 0 Å². The van der Waals surface area contributed by atoms with E-state index in [-0.39, 0.29) is 5.91 Å². The second-order valence-electron chi connectivity index (χ2n) is 4.77. The molecule has 0 saturated heterocycles. The Bertz CT molecular complexity index is 679. The van der Waals surface area contributed by atoms with Crippen molar-refractivity contribution in [2.45, 2.75) is 20.4 Å². The molecule has 0 fully saturated rings. The minimum Gasteiger partial charge on any atom is -0.486 e. The van der Waals surface area contributed by atoms with Crippen LogP contribution in [0.3, 0.4) is 0 Å². The SMILES string of the molecule is CCn1ncc(C(=O)Nc2ccc3c(c2)OCCO3)c1C. The van der Waals surface area contributed by atoms with Gasteiger partial charge in [-0.05, 0) is 26.0 Å². The van der Waals surface area contributed by atoms with Gasteiger partial charge in [0.1, 0.15) is 13.2 Å². The number of nitrogens with zero attached hydrogens (tertiary/aromatic N) is 2. The molecule has 0 saturated carbocycles. The highest BCUT2D eigenvalue weighted by molar-refractivity contribution is 6.05. The Kier molecular flexibility index (Phi) is 3.51. The van der Waals surface area contributed by atoms with Crippen molar-refractivity contribution in [1.29, 1.82) is 0 Å². The lowest BCUT2D eigenvalue weighted by Gasteiger charge is -2.19. The molecule has 6 heteroatoms. The number of hydrogen-bond acceptors (Lipinski definition) is 4. The normalized spacial score (nSPS) is 13.0. The molecule has 0 unspecified atom stereocenters. The number of hydrogen-bond donors (Lipinski definition) is 1. The van der Waals surface area contributed by atoms with E-state index in [1.54, 1.807) is 29.1 Å². The highest BCUT2D eigenvalue weighted by Gasteiger charge is 2.16. The first-order chi connectivity index (χ1) is 10.2. The molecule has 0 radical (unpaired) electrons.